The molecule has 0 N–H and O–H groups in total. The fourth-order valence-electron chi connectivity index (χ4n) is 2.97. The summed E-state index contributed by atoms with van der Waals surface area (Å²) in [6, 6.07) is 6.73. The molecule has 7 nitrogen and oxygen atoms in total. The zero-order valence-corrected chi connectivity index (χ0v) is 19.8. The van der Waals surface area contributed by atoms with Crippen LogP contribution in [0.5, 0.6) is 0 Å². The normalized spacial score (nSPS) is 11.8. The molecule has 30 heavy (non-hydrogen) atoms. The fraction of sp³-hybridized carbons (Fsp3) is 0.667. The van der Waals surface area contributed by atoms with Crippen LogP contribution in [0.15, 0.2) is 34.3 Å². The lowest BCUT2D eigenvalue weighted by Crippen LogP contribution is -2.07. The van der Waals surface area contributed by atoms with E-state index in [2.05, 4.69) is 22.4 Å². The number of aromatic nitrogens is 4. The van der Waals surface area contributed by atoms with E-state index in [9.17, 15) is 8.42 Å². The minimum absolute atomic E-state index is 0.221. The van der Waals surface area contributed by atoms with Crippen molar-refractivity contribution in [3.05, 3.63) is 29.8 Å². The summed E-state index contributed by atoms with van der Waals surface area (Å²) in [5, 5.41) is 12.9. The van der Waals surface area contributed by atoms with E-state index in [0.29, 0.717) is 0 Å². The Morgan fingerprint density at radius 2 is 1.67 bits per heavy atom. The summed E-state index contributed by atoms with van der Waals surface area (Å²) in [5.41, 5.74) is 1.02. The van der Waals surface area contributed by atoms with Gasteiger partial charge in [-0.3, -0.25) is 4.18 Å². The molecule has 168 valence electrons. The van der Waals surface area contributed by atoms with Crippen molar-refractivity contribution >= 4 is 21.9 Å². The zero-order chi connectivity index (χ0) is 21.7. The largest absolute Gasteiger partial charge is 0.296 e. The highest BCUT2D eigenvalue weighted by atomic mass is 32.2. The van der Waals surface area contributed by atoms with Gasteiger partial charge in [0.1, 0.15) is 0 Å². The molecule has 0 aliphatic heterocycles. The predicted molar refractivity (Wildman–Crippen MR) is 120 cm³/mol. The molecule has 1 aromatic heterocycles. The van der Waals surface area contributed by atoms with Gasteiger partial charge in [-0.25, -0.2) is 4.68 Å². The molecule has 0 unspecified atom stereocenters. The molecular formula is C21H34N4O3S2. The molecular weight excluding hydrogens is 420 g/mol. The van der Waals surface area contributed by atoms with Crippen LogP contribution in [0.4, 0.5) is 0 Å². The molecule has 0 radical (unpaired) electrons. The fourth-order valence-corrected chi connectivity index (χ4v) is 4.81. The molecule has 0 bridgehead atoms. The molecule has 0 saturated heterocycles. The van der Waals surface area contributed by atoms with E-state index in [1.54, 1.807) is 36.0 Å². The number of hydrogen-bond acceptors (Lipinski definition) is 7. The van der Waals surface area contributed by atoms with Gasteiger partial charge in [-0.1, -0.05) is 74.9 Å². The van der Waals surface area contributed by atoms with Crippen molar-refractivity contribution in [2.75, 3.05) is 12.4 Å². The molecule has 0 amide bonds. The van der Waals surface area contributed by atoms with Crippen LogP contribution in [0.3, 0.4) is 0 Å². The second-order valence-corrected chi connectivity index (χ2v) is 10.1. The van der Waals surface area contributed by atoms with Crippen molar-refractivity contribution < 1.29 is 12.6 Å². The molecule has 0 atom stereocenters. The zero-order valence-electron chi connectivity index (χ0n) is 18.1. The number of tetrazole rings is 1. The molecule has 9 heteroatoms. The Hall–Kier alpha value is -1.45. The molecule has 0 saturated carbocycles. The Labute approximate surface area is 185 Å². The third-order valence-electron chi connectivity index (χ3n) is 4.79. The van der Waals surface area contributed by atoms with Crippen molar-refractivity contribution in [2.45, 2.75) is 88.2 Å². The second kappa shape index (κ2) is 13.8. The molecule has 0 aliphatic rings. The van der Waals surface area contributed by atoms with Crippen molar-refractivity contribution in [1.29, 1.82) is 0 Å². The van der Waals surface area contributed by atoms with E-state index in [1.807, 2.05) is 11.6 Å². The molecule has 1 heterocycles. The highest BCUT2D eigenvalue weighted by Gasteiger charge is 2.14. The Balaban J connectivity index is 1.52. The van der Waals surface area contributed by atoms with E-state index in [1.165, 1.54) is 19.3 Å². The lowest BCUT2D eigenvalue weighted by Gasteiger charge is -2.06. The van der Waals surface area contributed by atoms with Gasteiger partial charge in [0.15, 0.2) is 0 Å². The summed E-state index contributed by atoms with van der Waals surface area (Å²) in [7, 11) is -3.64. The van der Waals surface area contributed by atoms with Crippen molar-refractivity contribution in [3.8, 4) is 0 Å². The van der Waals surface area contributed by atoms with E-state index >= 15 is 0 Å². The minimum Gasteiger partial charge on any atom is -0.266 e. The summed E-state index contributed by atoms with van der Waals surface area (Å²) < 4.78 is 31.3. The van der Waals surface area contributed by atoms with Gasteiger partial charge in [-0.15, -0.1) is 5.10 Å². The predicted octanol–water partition coefficient (Wildman–Crippen LogP) is 5.01. The van der Waals surface area contributed by atoms with Gasteiger partial charge in [0.05, 0.1) is 11.5 Å². The maximum absolute atomic E-state index is 12.1. The van der Waals surface area contributed by atoms with Crippen LogP contribution in [-0.4, -0.2) is 41.0 Å². The monoisotopic (exact) mass is 454 g/mol. The first-order valence-corrected chi connectivity index (χ1v) is 13.3. The van der Waals surface area contributed by atoms with Gasteiger partial charge >= 0.3 is 0 Å². The van der Waals surface area contributed by atoms with Gasteiger partial charge in [-0.05, 0) is 48.7 Å². The van der Waals surface area contributed by atoms with E-state index < -0.39 is 10.1 Å². The van der Waals surface area contributed by atoms with Crippen LogP contribution in [-0.2, 0) is 20.8 Å². The van der Waals surface area contributed by atoms with Crippen molar-refractivity contribution in [1.82, 2.24) is 20.2 Å². The van der Waals surface area contributed by atoms with E-state index in [-0.39, 0.29) is 11.5 Å². The van der Waals surface area contributed by atoms with E-state index in [0.717, 1.165) is 61.5 Å². The Morgan fingerprint density at radius 3 is 2.40 bits per heavy atom. The molecule has 0 spiro atoms. The van der Waals surface area contributed by atoms with E-state index in [4.69, 9.17) is 4.18 Å². The summed E-state index contributed by atoms with van der Waals surface area (Å²) >= 11 is 1.74. The maximum Gasteiger partial charge on any atom is 0.296 e. The standard InChI is InChI=1S/C21H34N4O3S2/c1-3-4-11-18-29-21-22-23-24-25(21)16-9-7-5-6-8-10-17-28-30(26,27)20-14-12-19(2)13-15-20/h12-15H,3-11,16-18H2,1-2H3. The van der Waals surface area contributed by atoms with Crippen LogP contribution in [0.2, 0.25) is 0 Å². The smallest absolute Gasteiger partial charge is 0.266 e. The van der Waals surface area contributed by atoms with Crippen LogP contribution in [0.1, 0.15) is 70.3 Å². The molecule has 0 aliphatic carbocycles. The van der Waals surface area contributed by atoms with Crippen molar-refractivity contribution in [3.63, 3.8) is 0 Å². The van der Waals surface area contributed by atoms with Gasteiger partial charge in [0.2, 0.25) is 5.16 Å². The number of hydrogen-bond donors (Lipinski definition) is 0. The third-order valence-corrected chi connectivity index (χ3v) is 7.16. The van der Waals surface area contributed by atoms with Gasteiger partial charge in [0, 0.05) is 12.3 Å². The highest BCUT2D eigenvalue weighted by Crippen LogP contribution is 2.17. The van der Waals surface area contributed by atoms with Crippen LogP contribution < -0.4 is 0 Å². The second-order valence-electron chi connectivity index (χ2n) is 7.45. The summed E-state index contributed by atoms with van der Waals surface area (Å²) in [4.78, 5) is 0.221. The Morgan fingerprint density at radius 1 is 0.967 bits per heavy atom. The molecule has 1 aromatic carbocycles. The van der Waals surface area contributed by atoms with Crippen molar-refractivity contribution in [2.24, 2.45) is 0 Å². The number of benzene rings is 1. The van der Waals surface area contributed by atoms with Gasteiger partial charge in [0.25, 0.3) is 10.1 Å². The Kier molecular flexibility index (Phi) is 11.4. The summed E-state index contributed by atoms with van der Waals surface area (Å²) in [6.45, 7) is 5.21. The number of nitrogens with zero attached hydrogens (tertiary/aromatic N) is 4. The highest BCUT2D eigenvalue weighted by molar-refractivity contribution is 7.99. The maximum atomic E-state index is 12.1. The number of aryl methyl sites for hydroxylation is 2. The molecule has 2 rings (SSSR count). The van der Waals surface area contributed by atoms with Crippen LogP contribution in [0, 0.1) is 6.92 Å². The minimum atomic E-state index is -3.64. The average Bonchev–Trinajstić information content (AvgIpc) is 3.17. The lowest BCUT2D eigenvalue weighted by molar-refractivity contribution is 0.306. The summed E-state index contributed by atoms with van der Waals surface area (Å²) in [6.07, 6.45) is 9.73. The first-order valence-electron chi connectivity index (χ1n) is 10.9. The molecule has 0 fully saturated rings. The van der Waals surface area contributed by atoms with Gasteiger partial charge in [-0.2, -0.15) is 8.42 Å². The first-order chi connectivity index (χ1) is 14.5. The SMILES string of the molecule is CCCCCSc1nnnn1CCCCCCCCOS(=O)(=O)c1ccc(C)cc1. The third kappa shape index (κ3) is 9.14. The lowest BCUT2D eigenvalue weighted by atomic mass is 10.1. The average molecular weight is 455 g/mol. The number of unbranched alkanes of at least 4 members (excludes halogenated alkanes) is 7. The van der Waals surface area contributed by atoms with Crippen LogP contribution >= 0.6 is 11.8 Å². The Bertz CT molecular complexity index is 823. The summed E-state index contributed by atoms with van der Waals surface area (Å²) in [5.74, 6) is 1.07. The first kappa shape index (κ1) is 24.8. The number of thioether (sulfide) groups is 1. The quantitative estimate of drug-likeness (QED) is 0.200. The number of rotatable bonds is 16. The van der Waals surface area contributed by atoms with Gasteiger partial charge < -0.3 is 0 Å². The molecule has 2 aromatic rings. The topological polar surface area (TPSA) is 87.0 Å². The van der Waals surface area contributed by atoms with Crippen LogP contribution in [0.25, 0.3) is 0 Å².